The van der Waals surface area contributed by atoms with E-state index in [1.165, 1.54) is 44.5 Å². The predicted octanol–water partition coefficient (Wildman–Crippen LogP) is 8.73. The molecule has 4 aliphatic carbocycles. The molecule has 8 rings (SSSR count). The zero-order valence-electron chi connectivity index (χ0n) is 23.0. The van der Waals surface area contributed by atoms with E-state index in [4.69, 9.17) is 0 Å². The number of rotatable bonds is 2. The van der Waals surface area contributed by atoms with Gasteiger partial charge in [0, 0.05) is 34.8 Å². The van der Waals surface area contributed by atoms with E-state index in [2.05, 4.69) is 86.7 Å². The first-order valence-corrected chi connectivity index (χ1v) is 14.2. The van der Waals surface area contributed by atoms with Gasteiger partial charge in [0.15, 0.2) is 11.6 Å². The summed E-state index contributed by atoms with van der Waals surface area (Å²) < 4.78 is 0. The molecule has 0 saturated heterocycles. The first-order valence-electron chi connectivity index (χ1n) is 14.2. The summed E-state index contributed by atoms with van der Waals surface area (Å²) in [5.41, 5.74) is 11.9. The first-order chi connectivity index (χ1) is 19.4. The number of ketones is 2. The van der Waals surface area contributed by atoms with Gasteiger partial charge in [-0.2, -0.15) is 0 Å². The van der Waals surface area contributed by atoms with Crippen LogP contribution in [-0.2, 0) is 10.8 Å². The first kappa shape index (κ1) is 24.7. The fourth-order valence-electron chi connectivity index (χ4n) is 7.40. The van der Waals surface area contributed by atoms with Crippen LogP contribution in [0, 0.1) is 0 Å². The summed E-state index contributed by atoms with van der Waals surface area (Å²) in [4.78, 5) is 24.5. The van der Waals surface area contributed by atoms with Gasteiger partial charge < -0.3 is 0 Å². The minimum absolute atomic E-state index is 0.00128. The number of Topliss-reactive ketones (excluding diaryl/α,β-unsaturated/α-hetero) is 2. The van der Waals surface area contributed by atoms with E-state index < -0.39 is 0 Å². The van der Waals surface area contributed by atoms with E-state index in [9.17, 15) is 9.59 Å². The largest absolute Gasteiger partial charge is 0.294 e. The molecule has 0 unspecified atom stereocenters. The summed E-state index contributed by atoms with van der Waals surface area (Å²) in [5, 5.41) is 0. The van der Waals surface area contributed by atoms with Crippen molar-refractivity contribution in [3.8, 4) is 0 Å². The molecule has 0 radical (unpaired) electrons. The molecule has 0 aliphatic heterocycles. The van der Waals surface area contributed by atoms with Crippen molar-refractivity contribution in [1.82, 2.24) is 0 Å². The molecule has 0 aromatic heterocycles. The van der Waals surface area contributed by atoms with Crippen molar-refractivity contribution in [2.45, 2.75) is 50.4 Å². The molecular weight excluding hydrogens is 488 g/mol. The topological polar surface area (TPSA) is 34.1 Å². The molecule has 0 N–H and O–H groups in total. The Labute approximate surface area is 236 Å². The zero-order chi connectivity index (χ0) is 27.5. The van der Waals surface area contributed by atoms with E-state index >= 15 is 0 Å². The molecule has 0 fully saturated rings. The quantitative estimate of drug-likeness (QED) is 0.265. The molecule has 40 heavy (non-hydrogen) atoms. The summed E-state index contributed by atoms with van der Waals surface area (Å²) >= 11 is 0. The molecule has 2 heteroatoms. The molecule has 2 nitrogen and oxygen atoms in total. The Kier molecular flexibility index (Phi) is 5.64. The van der Waals surface area contributed by atoms with Crippen LogP contribution in [0.3, 0.4) is 0 Å². The van der Waals surface area contributed by atoms with Gasteiger partial charge in [-0.1, -0.05) is 123 Å². The molecular formula is C38H32O2. The SMILES string of the molecule is C[C@@]12CC=C(c3ccccc3)c3cccc(c31)C(=O)C2.C[C@@]12CC=C(c3ccccc3)c3cccc(c31)C(=O)C2. The van der Waals surface area contributed by atoms with E-state index in [1.54, 1.807) is 0 Å². The molecule has 0 spiro atoms. The Bertz CT molecular complexity index is 1610. The number of carbonyl (C=O) groups is 2. The Morgan fingerprint density at radius 3 is 1.25 bits per heavy atom. The lowest BCUT2D eigenvalue weighted by molar-refractivity contribution is 0.0968. The van der Waals surface area contributed by atoms with Gasteiger partial charge in [-0.25, -0.2) is 0 Å². The average Bonchev–Trinajstić information content (AvgIpc) is 3.40. The third kappa shape index (κ3) is 3.78. The van der Waals surface area contributed by atoms with Crippen molar-refractivity contribution < 1.29 is 9.59 Å². The minimum atomic E-state index is 0.00128. The number of carbonyl (C=O) groups excluding carboxylic acids is 2. The third-order valence-corrected chi connectivity index (χ3v) is 9.30. The predicted molar refractivity (Wildman–Crippen MR) is 162 cm³/mol. The van der Waals surface area contributed by atoms with Gasteiger partial charge in [-0.05, 0) is 57.4 Å². The highest BCUT2D eigenvalue weighted by Gasteiger charge is 2.44. The standard InChI is InChI=1S/2C19H16O/c2*1-19-11-10-14(13-6-3-2-4-7-13)15-8-5-9-16(18(15)19)17(20)12-19/h2*2-10H,11-12H2,1H3/t2*19-/m00/s1. The number of benzene rings is 4. The van der Waals surface area contributed by atoms with Crippen LogP contribution in [0.1, 0.15) is 93.6 Å². The van der Waals surface area contributed by atoms with Crippen LogP contribution in [0.25, 0.3) is 11.1 Å². The summed E-state index contributed by atoms with van der Waals surface area (Å²) in [6.07, 6.45) is 7.82. The maximum atomic E-state index is 12.2. The highest BCUT2D eigenvalue weighted by atomic mass is 16.1. The van der Waals surface area contributed by atoms with E-state index in [-0.39, 0.29) is 10.8 Å². The van der Waals surface area contributed by atoms with Crippen molar-refractivity contribution in [3.63, 3.8) is 0 Å². The Morgan fingerprint density at radius 1 is 0.475 bits per heavy atom. The highest BCUT2D eigenvalue weighted by Crippen LogP contribution is 2.50. The van der Waals surface area contributed by atoms with Crippen LogP contribution in [0.4, 0.5) is 0 Å². The van der Waals surface area contributed by atoms with E-state index in [0.29, 0.717) is 24.4 Å². The fraction of sp³-hybridized carbons (Fsp3) is 0.211. The lowest BCUT2D eigenvalue weighted by Crippen LogP contribution is -2.22. The Hall–Kier alpha value is -4.30. The Balaban J connectivity index is 0.000000132. The second kappa shape index (κ2) is 9.13. The molecule has 0 amide bonds. The summed E-state index contributed by atoms with van der Waals surface area (Å²) in [6.45, 7) is 4.44. The summed E-state index contributed by atoms with van der Waals surface area (Å²) in [5.74, 6) is 0.596. The molecule has 2 atom stereocenters. The van der Waals surface area contributed by atoms with Gasteiger partial charge in [-0.15, -0.1) is 0 Å². The third-order valence-electron chi connectivity index (χ3n) is 9.30. The molecule has 0 saturated carbocycles. The molecule has 4 aliphatic rings. The molecule has 0 bridgehead atoms. The number of hydrogen-bond donors (Lipinski definition) is 0. The van der Waals surface area contributed by atoms with Crippen LogP contribution in [0.5, 0.6) is 0 Å². The molecule has 4 aromatic carbocycles. The van der Waals surface area contributed by atoms with Crippen molar-refractivity contribution >= 4 is 22.7 Å². The lowest BCUT2D eigenvalue weighted by Gasteiger charge is -2.31. The summed E-state index contributed by atoms with van der Waals surface area (Å²) in [7, 11) is 0. The van der Waals surface area contributed by atoms with Gasteiger partial charge >= 0.3 is 0 Å². The second-order valence-corrected chi connectivity index (χ2v) is 12.2. The second-order valence-electron chi connectivity index (χ2n) is 12.2. The van der Waals surface area contributed by atoms with Gasteiger partial charge in [0.1, 0.15) is 0 Å². The fourth-order valence-corrected chi connectivity index (χ4v) is 7.40. The minimum Gasteiger partial charge on any atom is -0.294 e. The van der Waals surface area contributed by atoms with Crippen molar-refractivity contribution in [2.75, 3.05) is 0 Å². The van der Waals surface area contributed by atoms with E-state index in [1.807, 2.05) is 36.4 Å². The number of allylic oxidation sites excluding steroid dienone is 2. The molecule has 4 aromatic rings. The Morgan fingerprint density at radius 2 is 0.850 bits per heavy atom. The molecule has 196 valence electrons. The normalized spacial score (nSPS) is 23.4. The van der Waals surface area contributed by atoms with Crippen molar-refractivity contribution in [1.29, 1.82) is 0 Å². The van der Waals surface area contributed by atoms with Gasteiger partial charge in [0.05, 0.1) is 0 Å². The summed E-state index contributed by atoms with van der Waals surface area (Å²) in [6, 6.07) is 33.2. The van der Waals surface area contributed by atoms with Crippen LogP contribution >= 0.6 is 0 Å². The number of hydrogen-bond acceptors (Lipinski definition) is 2. The maximum Gasteiger partial charge on any atom is 0.164 e. The smallest absolute Gasteiger partial charge is 0.164 e. The molecule has 0 heterocycles. The van der Waals surface area contributed by atoms with Crippen molar-refractivity contribution in [3.05, 3.63) is 154 Å². The average molecular weight is 521 g/mol. The maximum absolute atomic E-state index is 12.2. The van der Waals surface area contributed by atoms with Gasteiger partial charge in [0.2, 0.25) is 0 Å². The van der Waals surface area contributed by atoms with Gasteiger partial charge in [0.25, 0.3) is 0 Å². The lowest BCUT2D eigenvalue weighted by atomic mass is 9.72. The monoisotopic (exact) mass is 520 g/mol. The van der Waals surface area contributed by atoms with Crippen LogP contribution in [-0.4, -0.2) is 11.6 Å². The van der Waals surface area contributed by atoms with Crippen LogP contribution in [0.2, 0.25) is 0 Å². The van der Waals surface area contributed by atoms with Crippen LogP contribution < -0.4 is 0 Å². The van der Waals surface area contributed by atoms with Crippen LogP contribution in [0.15, 0.2) is 109 Å². The van der Waals surface area contributed by atoms with Gasteiger partial charge in [-0.3, -0.25) is 9.59 Å². The van der Waals surface area contributed by atoms with Crippen molar-refractivity contribution in [2.24, 2.45) is 0 Å². The zero-order valence-corrected chi connectivity index (χ0v) is 23.0. The van der Waals surface area contributed by atoms with E-state index in [0.717, 1.165) is 24.0 Å². The highest BCUT2D eigenvalue weighted by molar-refractivity contribution is 6.06.